The molecular formula is C14H22N2O2. The Bertz CT molecular complexity index is 365. The summed E-state index contributed by atoms with van der Waals surface area (Å²) in [5.41, 5.74) is 5.79. The molecule has 2 unspecified atom stereocenters. The van der Waals surface area contributed by atoms with Crippen molar-refractivity contribution in [3.8, 4) is 0 Å². The minimum absolute atomic E-state index is 0.0128. The molecule has 0 aromatic heterocycles. The average Bonchev–Trinajstić information content (AvgIpc) is 2.92. The summed E-state index contributed by atoms with van der Waals surface area (Å²) >= 11 is 0. The van der Waals surface area contributed by atoms with Gasteiger partial charge in [-0.25, -0.2) is 0 Å². The van der Waals surface area contributed by atoms with Crippen LogP contribution in [-0.2, 0) is 9.59 Å². The number of hydrogen-bond acceptors (Lipinski definition) is 3. The quantitative estimate of drug-likeness (QED) is 0.761. The van der Waals surface area contributed by atoms with Crippen LogP contribution in [0.25, 0.3) is 0 Å². The van der Waals surface area contributed by atoms with Gasteiger partial charge in [0.2, 0.25) is 11.8 Å². The summed E-state index contributed by atoms with van der Waals surface area (Å²) in [6, 6.07) is 0. The van der Waals surface area contributed by atoms with Crippen molar-refractivity contribution in [3.05, 3.63) is 0 Å². The van der Waals surface area contributed by atoms with Crippen molar-refractivity contribution in [1.82, 2.24) is 4.90 Å². The summed E-state index contributed by atoms with van der Waals surface area (Å²) in [6.07, 6.45) is 4.97. The lowest BCUT2D eigenvalue weighted by Gasteiger charge is -2.23. The minimum Gasteiger partial charge on any atom is -0.330 e. The van der Waals surface area contributed by atoms with E-state index in [1.165, 1.54) is 0 Å². The minimum atomic E-state index is -0.0128. The molecule has 2 aliphatic carbocycles. The number of carbonyl (C=O) groups excluding carboxylic acids is 2. The number of carbonyl (C=O) groups is 2. The number of hydrogen-bond donors (Lipinski definition) is 1. The predicted molar refractivity (Wildman–Crippen MR) is 67.4 cm³/mol. The van der Waals surface area contributed by atoms with Crippen molar-refractivity contribution in [3.63, 3.8) is 0 Å². The van der Waals surface area contributed by atoms with Crippen molar-refractivity contribution >= 4 is 11.8 Å². The van der Waals surface area contributed by atoms with Crippen LogP contribution in [0.4, 0.5) is 0 Å². The maximum Gasteiger partial charge on any atom is 0.233 e. The van der Waals surface area contributed by atoms with Crippen LogP contribution in [0, 0.1) is 23.2 Å². The van der Waals surface area contributed by atoms with Gasteiger partial charge < -0.3 is 5.73 Å². The van der Waals surface area contributed by atoms with E-state index in [1.807, 2.05) is 0 Å². The summed E-state index contributed by atoms with van der Waals surface area (Å²) in [5.74, 6) is 0.687. The molecule has 2 N–H and O–H groups in total. The van der Waals surface area contributed by atoms with Gasteiger partial charge in [-0.1, -0.05) is 6.92 Å². The molecule has 0 aromatic rings. The number of nitrogens with zero attached hydrogens (tertiary/aromatic N) is 1. The molecule has 1 saturated heterocycles. The molecule has 3 rings (SSSR count). The zero-order valence-corrected chi connectivity index (χ0v) is 11.0. The number of likely N-dealkylation sites (tertiary alicyclic amines) is 1. The van der Waals surface area contributed by atoms with Gasteiger partial charge in [0.15, 0.2) is 0 Å². The average molecular weight is 250 g/mol. The molecule has 1 heterocycles. The van der Waals surface area contributed by atoms with Gasteiger partial charge in [0.05, 0.1) is 11.8 Å². The summed E-state index contributed by atoms with van der Waals surface area (Å²) in [4.78, 5) is 26.2. The normalized spacial score (nSPS) is 37.2. The molecule has 2 saturated carbocycles. The molecule has 2 amide bonds. The molecule has 0 radical (unpaired) electrons. The Balaban J connectivity index is 1.71. The van der Waals surface area contributed by atoms with Gasteiger partial charge in [0, 0.05) is 6.54 Å². The monoisotopic (exact) mass is 250 g/mol. The Labute approximate surface area is 108 Å². The van der Waals surface area contributed by atoms with E-state index in [9.17, 15) is 9.59 Å². The first-order valence-corrected chi connectivity index (χ1v) is 7.12. The van der Waals surface area contributed by atoms with Crippen LogP contribution in [0.2, 0.25) is 0 Å². The molecule has 2 atom stereocenters. The van der Waals surface area contributed by atoms with E-state index in [0.717, 1.165) is 32.1 Å². The highest BCUT2D eigenvalue weighted by atomic mass is 16.2. The van der Waals surface area contributed by atoms with Gasteiger partial charge in [-0.05, 0) is 50.0 Å². The van der Waals surface area contributed by atoms with Gasteiger partial charge in [-0.3, -0.25) is 14.5 Å². The van der Waals surface area contributed by atoms with Crippen LogP contribution in [0.15, 0.2) is 0 Å². The summed E-state index contributed by atoms with van der Waals surface area (Å²) in [7, 11) is 0. The Morgan fingerprint density at radius 2 is 1.78 bits per heavy atom. The summed E-state index contributed by atoms with van der Waals surface area (Å²) in [6.45, 7) is 3.42. The Morgan fingerprint density at radius 1 is 1.22 bits per heavy atom. The molecule has 0 spiro atoms. The van der Waals surface area contributed by atoms with Crippen LogP contribution in [0.5, 0.6) is 0 Å². The number of imide groups is 1. The highest BCUT2D eigenvalue weighted by Crippen LogP contribution is 2.51. The van der Waals surface area contributed by atoms with Gasteiger partial charge in [-0.2, -0.15) is 0 Å². The van der Waals surface area contributed by atoms with Crippen molar-refractivity contribution < 1.29 is 9.59 Å². The van der Waals surface area contributed by atoms with Gasteiger partial charge in [0.1, 0.15) is 0 Å². The third-order valence-corrected chi connectivity index (χ3v) is 5.09. The van der Waals surface area contributed by atoms with E-state index in [2.05, 4.69) is 6.92 Å². The molecular weight excluding hydrogens is 228 g/mol. The van der Waals surface area contributed by atoms with E-state index < -0.39 is 0 Å². The Kier molecular flexibility index (Phi) is 2.73. The first-order valence-electron chi connectivity index (χ1n) is 7.12. The third-order valence-electron chi connectivity index (χ3n) is 5.09. The van der Waals surface area contributed by atoms with E-state index >= 15 is 0 Å². The van der Waals surface area contributed by atoms with Crippen LogP contribution in [0.3, 0.4) is 0 Å². The Hall–Kier alpha value is -0.900. The topological polar surface area (TPSA) is 63.4 Å². The smallest absolute Gasteiger partial charge is 0.233 e. The number of amides is 2. The van der Waals surface area contributed by atoms with Crippen molar-refractivity contribution in [2.45, 2.75) is 39.0 Å². The van der Waals surface area contributed by atoms with E-state index in [4.69, 9.17) is 5.73 Å². The molecule has 4 heteroatoms. The fraction of sp³-hybridized carbons (Fsp3) is 0.857. The molecule has 100 valence electrons. The van der Waals surface area contributed by atoms with E-state index in [1.54, 1.807) is 4.90 Å². The highest BCUT2D eigenvalue weighted by Gasteiger charge is 2.55. The van der Waals surface area contributed by atoms with Crippen LogP contribution in [-0.4, -0.2) is 29.8 Å². The molecule has 1 aliphatic heterocycles. The van der Waals surface area contributed by atoms with Gasteiger partial charge in [0.25, 0.3) is 0 Å². The van der Waals surface area contributed by atoms with Crippen molar-refractivity contribution in [2.24, 2.45) is 28.9 Å². The lowest BCUT2D eigenvalue weighted by atomic mass is 10.00. The fourth-order valence-corrected chi connectivity index (χ4v) is 3.81. The Morgan fingerprint density at radius 3 is 2.22 bits per heavy atom. The second-order valence-corrected chi connectivity index (χ2v) is 6.59. The largest absolute Gasteiger partial charge is 0.330 e. The van der Waals surface area contributed by atoms with Gasteiger partial charge in [-0.15, -0.1) is 0 Å². The van der Waals surface area contributed by atoms with E-state index in [0.29, 0.717) is 19.0 Å². The first kappa shape index (κ1) is 12.2. The lowest BCUT2D eigenvalue weighted by Crippen LogP contribution is -2.37. The number of rotatable bonds is 4. The van der Waals surface area contributed by atoms with Crippen LogP contribution in [0.1, 0.15) is 39.0 Å². The highest BCUT2D eigenvalue weighted by molar-refractivity contribution is 6.05. The molecule has 3 aliphatic rings. The summed E-state index contributed by atoms with van der Waals surface area (Å²) < 4.78 is 0. The zero-order chi connectivity index (χ0) is 12.9. The lowest BCUT2D eigenvalue weighted by molar-refractivity contribution is -0.141. The van der Waals surface area contributed by atoms with Crippen LogP contribution >= 0.6 is 0 Å². The fourth-order valence-electron chi connectivity index (χ4n) is 3.81. The second-order valence-electron chi connectivity index (χ2n) is 6.59. The van der Waals surface area contributed by atoms with E-state index in [-0.39, 0.29) is 29.1 Å². The second kappa shape index (κ2) is 4.05. The standard InChI is InChI=1S/C14H22N2O2/c1-9-6-10-11(7-9)13(18)16(12(10)17)8-14(2-3-14)4-5-15/h9-11H,2-8,15H2,1H3. The zero-order valence-electron chi connectivity index (χ0n) is 11.0. The van der Waals surface area contributed by atoms with Crippen molar-refractivity contribution in [1.29, 1.82) is 0 Å². The van der Waals surface area contributed by atoms with Gasteiger partial charge >= 0.3 is 0 Å². The molecule has 0 aromatic carbocycles. The molecule has 0 bridgehead atoms. The predicted octanol–water partition coefficient (Wildman–Crippen LogP) is 1.15. The maximum atomic E-state index is 12.3. The number of fused-ring (bicyclic) bond motifs is 1. The van der Waals surface area contributed by atoms with Crippen molar-refractivity contribution in [2.75, 3.05) is 13.1 Å². The SMILES string of the molecule is CC1CC2C(=O)N(CC3(CCN)CC3)C(=O)C2C1. The first-order chi connectivity index (χ1) is 8.56. The summed E-state index contributed by atoms with van der Waals surface area (Å²) in [5, 5.41) is 0. The third kappa shape index (κ3) is 1.78. The maximum absolute atomic E-state index is 12.3. The number of nitrogens with two attached hydrogens (primary N) is 1. The molecule has 4 nitrogen and oxygen atoms in total. The molecule has 3 fully saturated rings. The molecule has 18 heavy (non-hydrogen) atoms. The van der Waals surface area contributed by atoms with Crippen LogP contribution < -0.4 is 5.73 Å².